The van der Waals surface area contributed by atoms with Gasteiger partial charge in [0.05, 0.1) is 5.25 Å². The number of carboxylic acids is 1. The van der Waals surface area contributed by atoms with E-state index in [1.165, 1.54) is 6.26 Å². The van der Waals surface area contributed by atoms with Crippen LogP contribution in [0.1, 0.15) is 51.9 Å². The fourth-order valence-electron chi connectivity index (χ4n) is 3.98. The molecule has 1 saturated heterocycles. The molecule has 1 heterocycles. The Kier molecular flexibility index (Phi) is 4.44. The van der Waals surface area contributed by atoms with Crippen molar-refractivity contribution < 1.29 is 18.3 Å². The van der Waals surface area contributed by atoms with Crippen molar-refractivity contribution in [2.45, 2.75) is 68.7 Å². The van der Waals surface area contributed by atoms with E-state index in [0.29, 0.717) is 19.3 Å². The van der Waals surface area contributed by atoms with E-state index >= 15 is 0 Å². The Morgan fingerprint density at radius 1 is 1.35 bits per heavy atom. The highest BCUT2D eigenvalue weighted by atomic mass is 32.2. The normalized spacial score (nSPS) is 36.1. The molecule has 2 aliphatic rings. The molecule has 1 aliphatic carbocycles. The lowest BCUT2D eigenvalue weighted by atomic mass is 9.87. The van der Waals surface area contributed by atoms with Crippen molar-refractivity contribution in [2.24, 2.45) is 0 Å². The van der Waals surface area contributed by atoms with Gasteiger partial charge in [-0.25, -0.2) is 8.42 Å². The summed E-state index contributed by atoms with van der Waals surface area (Å²) in [6, 6.07) is 0.0991. The summed E-state index contributed by atoms with van der Waals surface area (Å²) in [7, 11) is -3.03. The van der Waals surface area contributed by atoms with Gasteiger partial charge >= 0.3 is 5.97 Å². The maximum atomic E-state index is 11.8. The molecule has 0 amide bonds. The number of rotatable bonds is 4. The van der Waals surface area contributed by atoms with Crippen LogP contribution in [-0.4, -0.2) is 54.0 Å². The zero-order valence-electron chi connectivity index (χ0n) is 12.3. The monoisotopic (exact) mass is 303 g/mol. The van der Waals surface area contributed by atoms with E-state index in [1.54, 1.807) is 0 Å². The van der Waals surface area contributed by atoms with Crippen LogP contribution in [0.3, 0.4) is 0 Å². The Hall–Kier alpha value is -0.620. The molecule has 0 spiro atoms. The number of aliphatic carboxylic acids is 1. The van der Waals surface area contributed by atoms with Crippen LogP contribution in [0.5, 0.6) is 0 Å². The van der Waals surface area contributed by atoms with Gasteiger partial charge in [0.2, 0.25) is 0 Å². The summed E-state index contributed by atoms with van der Waals surface area (Å²) in [5, 5.41) is 9.33. The molecule has 6 heteroatoms. The van der Waals surface area contributed by atoms with Crippen LogP contribution < -0.4 is 0 Å². The van der Waals surface area contributed by atoms with Crippen molar-refractivity contribution in [1.29, 1.82) is 0 Å². The van der Waals surface area contributed by atoms with Crippen LogP contribution in [0.2, 0.25) is 0 Å². The SMILES string of the molecule is CCC1(C(=O)O)CCCN1C1CCCC(S(C)(=O)=O)C1. The van der Waals surface area contributed by atoms with Gasteiger partial charge in [-0.3, -0.25) is 9.69 Å². The third-order valence-corrected chi connectivity index (χ3v) is 6.81. The molecule has 2 rings (SSSR count). The van der Waals surface area contributed by atoms with E-state index < -0.39 is 21.3 Å². The highest BCUT2D eigenvalue weighted by Gasteiger charge is 2.49. The maximum absolute atomic E-state index is 11.8. The van der Waals surface area contributed by atoms with Crippen molar-refractivity contribution in [3.8, 4) is 0 Å². The van der Waals surface area contributed by atoms with Crippen molar-refractivity contribution >= 4 is 15.8 Å². The molecular formula is C14H25NO4S. The fourth-order valence-corrected chi connectivity index (χ4v) is 5.15. The quantitative estimate of drug-likeness (QED) is 0.855. The lowest BCUT2D eigenvalue weighted by Crippen LogP contribution is -2.56. The van der Waals surface area contributed by atoms with Crippen molar-refractivity contribution in [3.63, 3.8) is 0 Å². The number of likely N-dealkylation sites (tertiary alicyclic amines) is 1. The highest BCUT2D eigenvalue weighted by Crippen LogP contribution is 2.39. The third-order valence-electron chi connectivity index (χ3n) is 5.17. The molecule has 3 atom stereocenters. The summed E-state index contributed by atoms with van der Waals surface area (Å²) in [6.07, 6.45) is 6.55. The zero-order chi connectivity index (χ0) is 15.0. The lowest BCUT2D eigenvalue weighted by Gasteiger charge is -2.42. The summed E-state index contributed by atoms with van der Waals surface area (Å²) >= 11 is 0. The van der Waals surface area contributed by atoms with Gasteiger partial charge in [0.1, 0.15) is 15.4 Å². The lowest BCUT2D eigenvalue weighted by molar-refractivity contribution is -0.152. The Bertz CT molecular complexity index is 476. The van der Waals surface area contributed by atoms with Crippen molar-refractivity contribution in [3.05, 3.63) is 0 Å². The second-order valence-electron chi connectivity index (χ2n) is 6.26. The van der Waals surface area contributed by atoms with Crippen LogP contribution in [0.25, 0.3) is 0 Å². The van der Waals surface area contributed by atoms with Gasteiger partial charge in [-0.1, -0.05) is 13.3 Å². The molecule has 1 saturated carbocycles. The van der Waals surface area contributed by atoms with Crippen molar-refractivity contribution in [1.82, 2.24) is 4.90 Å². The molecule has 5 nitrogen and oxygen atoms in total. The predicted octanol–water partition coefficient (Wildman–Crippen LogP) is 1.67. The first-order valence-electron chi connectivity index (χ1n) is 7.50. The van der Waals surface area contributed by atoms with Crippen molar-refractivity contribution in [2.75, 3.05) is 12.8 Å². The summed E-state index contributed by atoms with van der Waals surface area (Å²) in [4.78, 5) is 13.8. The Balaban J connectivity index is 2.20. The van der Waals surface area contributed by atoms with Gasteiger partial charge in [-0.15, -0.1) is 0 Å². The minimum Gasteiger partial charge on any atom is -0.480 e. The molecule has 3 unspecified atom stereocenters. The standard InChI is InChI=1S/C14H25NO4S/c1-3-14(13(16)17)8-5-9-15(14)11-6-4-7-12(10-11)20(2,18)19/h11-12H,3-10H2,1-2H3,(H,16,17). The molecule has 20 heavy (non-hydrogen) atoms. The molecule has 0 bridgehead atoms. The van der Waals surface area contributed by atoms with E-state index in [-0.39, 0.29) is 11.3 Å². The number of carboxylic acid groups (broad SMARTS) is 1. The number of hydrogen-bond acceptors (Lipinski definition) is 4. The molecule has 0 radical (unpaired) electrons. The molecule has 0 aromatic carbocycles. The number of nitrogens with zero attached hydrogens (tertiary/aromatic N) is 1. The van der Waals surface area contributed by atoms with Crippen LogP contribution in [-0.2, 0) is 14.6 Å². The minimum absolute atomic E-state index is 0.0991. The first-order chi connectivity index (χ1) is 9.31. The number of sulfone groups is 1. The fraction of sp³-hybridized carbons (Fsp3) is 0.929. The summed E-state index contributed by atoms with van der Waals surface area (Å²) in [6.45, 7) is 2.70. The molecule has 116 valence electrons. The van der Waals surface area contributed by atoms with Crippen LogP contribution in [0.4, 0.5) is 0 Å². The minimum atomic E-state index is -3.03. The molecule has 1 N–H and O–H groups in total. The van der Waals surface area contributed by atoms with E-state index in [2.05, 4.69) is 4.90 Å². The van der Waals surface area contributed by atoms with Crippen LogP contribution in [0, 0.1) is 0 Å². The van der Waals surface area contributed by atoms with E-state index in [4.69, 9.17) is 0 Å². The van der Waals surface area contributed by atoms with Gasteiger partial charge < -0.3 is 5.11 Å². The topological polar surface area (TPSA) is 74.7 Å². The second kappa shape index (κ2) is 5.64. The van der Waals surface area contributed by atoms with E-state index in [1.807, 2.05) is 6.92 Å². The average Bonchev–Trinajstić information content (AvgIpc) is 2.83. The number of hydrogen-bond donors (Lipinski definition) is 1. The molecular weight excluding hydrogens is 278 g/mol. The first-order valence-corrected chi connectivity index (χ1v) is 9.45. The van der Waals surface area contributed by atoms with E-state index in [0.717, 1.165) is 32.2 Å². The zero-order valence-corrected chi connectivity index (χ0v) is 13.2. The highest BCUT2D eigenvalue weighted by molar-refractivity contribution is 7.91. The van der Waals surface area contributed by atoms with Gasteiger partial charge in [0.15, 0.2) is 0 Å². The van der Waals surface area contributed by atoms with Crippen LogP contribution in [0.15, 0.2) is 0 Å². The Labute approximate surface area is 121 Å². The molecule has 0 aromatic heterocycles. The van der Waals surface area contributed by atoms with Gasteiger partial charge in [-0.05, 0) is 45.1 Å². The Morgan fingerprint density at radius 3 is 2.60 bits per heavy atom. The smallest absolute Gasteiger partial charge is 0.324 e. The van der Waals surface area contributed by atoms with Gasteiger partial charge in [-0.2, -0.15) is 0 Å². The van der Waals surface area contributed by atoms with E-state index in [9.17, 15) is 18.3 Å². The summed E-state index contributed by atoms with van der Waals surface area (Å²) < 4.78 is 23.6. The van der Waals surface area contributed by atoms with Gasteiger partial charge in [0, 0.05) is 12.3 Å². The molecule has 1 aliphatic heterocycles. The number of carbonyl (C=O) groups is 1. The average molecular weight is 303 g/mol. The largest absolute Gasteiger partial charge is 0.480 e. The second-order valence-corrected chi connectivity index (χ2v) is 8.58. The predicted molar refractivity (Wildman–Crippen MR) is 77.5 cm³/mol. The third kappa shape index (κ3) is 2.72. The first kappa shape index (κ1) is 15.8. The summed E-state index contributed by atoms with van der Waals surface area (Å²) in [5.41, 5.74) is -0.774. The van der Waals surface area contributed by atoms with Crippen LogP contribution >= 0.6 is 0 Å². The molecule has 0 aromatic rings. The van der Waals surface area contributed by atoms with Gasteiger partial charge in [0.25, 0.3) is 0 Å². The Morgan fingerprint density at radius 2 is 2.05 bits per heavy atom. The molecule has 2 fully saturated rings. The summed E-state index contributed by atoms with van der Waals surface area (Å²) in [5.74, 6) is -0.751. The maximum Gasteiger partial charge on any atom is 0.324 e.